The Labute approximate surface area is 176 Å². The van der Waals surface area contributed by atoms with Gasteiger partial charge in [0.25, 0.3) is 0 Å². The smallest absolute Gasteiger partial charge is 0.318 e. The Kier molecular flexibility index (Phi) is 6.18. The Morgan fingerprint density at radius 1 is 1.20 bits per heavy atom. The molecular formula is C23H27N3O4. The lowest BCUT2D eigenvalue weighted by Gasteiger charge is -2.29. The van der Waals surface area contributed by atoms with E-state index < -0.39 is 0 Å². The third-order valence-corrected chi connectivity index (χ3v) is 5.64. The maximum Gasteiger partial charge on any atom is 0.318 e. The van der Waals surface area contributed by atoms with Gasteiger partial charge in [0.05, 0.1) is 25.8 Å². The highest BCUT2D eigenvalue weighted by molar-refractivity contribution is 5.96. The van der Waals surface area contributed by atoms with Crippen molar-refractivity contribution >= 4 is 17.6 Å². The lowest BCUT2D eigenvalue weighted by Crippen LogP contribution is -2.49. The Hall–Kier alpha value is -3.06. The number of hydrogen-bond acceptors (Lipinski definition) is 4. The van der Waals surface area contributed by atoms with E-state index >= 15 is 0 Å². The fraction of sp³-hybridized carbons (Fsp3) is 0.391. The van der Waals surface area contributed by atoms with Crippen LogP contribution < -0.4 is 15.0 Å². The van der Waals surface area contributed by atoms with Crippen LogP contribution in [0.3, 0.4) is 0 Å². The van der Waals surface area contributed by atoms with Crippen LogP contribution >= 0.6 is 0 Å². The Morgan fingerprint density at radius 3 is 2.63 bits per heavy atom. The number of amides is 3. The van der Waals surface area contributed by atoms with Gasteiger partial charge in [-0.25, -0.2) is 4.79 Å². The van der Waals surface area contributed by atoms with Gasteiger partial charge >= 0.3 is 6.03 Å². The van der Waals surface area contributed by atoms with Crippen molar-refractivity contribution in [1.29, 1.82) is 0 Å². The van der Waals surface area contributed by atoms with Crippen LogP contribution in [0.15, 0.2) is 54.6 Å². The molecule has 0 bridgehead atoms. The van der Waals surface area contributed by atoms with E-state index in [9.17, 15) is 9.59 Å². The van der Waals surface area contributed by atoms with Crippen molar-refractivity contribution in [2.75, 3.05) is 31.8 Å². The Morgan fingerprint density at radius 2 is 1.97 bits per heavy atom. The van der Waals surface area contributed by atoms with Crippen molar-refractivity contribution in [1.82, 2.24) is 10.2 Å². The van der Waals surface area contributed by atoms with Gasteiger partial charge in [-0.15, -0.1) is 0 Å². The molecule has 0 aliphatic carbocycles. The van der Waals surface area contributed by atoms with Gasteiger partial charge < -0.3 is 24.6 Å². The monoisotopic (exact) mass is 409 g/mol. The van der Waals surface area contributed by atoms with E-state index in [1.165, 1.54) is 0 Å². The second-order valence-corrected chi connectivity index (χ2v) is 7.68. The molecule has 2 aliphatic rings. The summed E-state index contributed by atoms with van der Waals surface area (Å²) in [6, 6.07) is 17.0. The number of urea groups is 1. The van der Waals surface area contributed by atoms with E-state index in [0.717, 1.165) is 23.4 Å². The summed E-state index contributed by atoms with van der Waals surface area (Å²) in [5.74, 6) is 0.745. The third kappa shape index (κ3) is 4.57. The van der Waals surface area contributed by atoms with Crippen LogP contribution in [0.2, 0.25) is 0 Å². The topological polar surface area (TPSA) is 71.1 Å². The van der Waals surface area contributed by atoms with Gasteiger partial charge in [-0.05, 0) is 36.2 Å². The molecule has 7 nitrogen and oxygen atoms in total. The molecule has 0 radical (unpaired) electrons. The first-order chi connectivity index (χ1) is 14.6. The zero-order chi connectivity index (χ0) is 20.9. The molecule has 7 heteroatoms. The van der Waals surface area contributed by atoms with E-state index in [1.54, 1.807) is 12.0 Å². The van der Waals surface area contributed by atoms with Crippen molar-refractivity contribution < 1.29 is 19.1 Å². The van der Waals surface area contributed by atoms with Gasteiger partial charge in [0.2, 0.25) is 5.91 Å². The second kappa shape index (κ2) is 9.17. The molecule has 2 unspecified atom stereocenters. The molecular weight excluding hydrogens is 382 g/mol. The highest BCUT2D eigenvalue weighted by Crippen LogP contribution is 2.24. The van der Waals surface area contributed by atoms with Crippen molar-refractivity contribution in [2.45, 2.75) is 31.5 Å². The normalized spacial score (nSPS) is 21.0. The minimum absolute atomic E-state index is 0.00396. The minimum Gasteiger partial charge on any atom is -0.497 e. The SMILES string of the molecule is COc1ccc(N2CC(NC(=O)N(Cc3ccccc3)C3CCOC3)CC2=O)cc1. The summed E-state index contributed by atoms with van der Waals surface area (Å²) in [6.45, 7) is 2.18. The van der Waals surface area contributed by atoms with Crippen molar-refractivity contribution in [3.05, 3.63) is 60.2 Å². The zero-order valence-electron chi connectivity index (χ0n) is 17.1. The molecule has 4 rings (SSSR count). The molecule has 30 heavy (non-hydrogen) atoms. The van der Waals surface area contributed by atoms with Gasteiger partial charge in [-0.2, -0.15) is 0 Å². The third-order valence-electron chi connectivity index (χ3n) is 5.64. The summed E-state index contributed by atoms with van der Waals surface area (Å²) in [5.41, 5.74) is 1.88. The predicted octanol–water partition coefficient (Wildman–Crippen LogP) is 2.80. The van der Waals surface area contributed by atoms with Crippen LogP contribution in [0.4, 0.5) is 10.5 Å². The average Bonchev–Trinajstić information content (AvgIpc) is 3.43. The first-order valence-electron chi connectivity index (χ1n) is 10.3. The summed E-state index contributed by atoms with van der Waals surface area (Å²) >= 11 is 0. The van der Waals surface area contributed by atoms with E-state index in [2.05, 4.69) is 5.32 Å². The summed E-state index contributed by atoms with van der Waals surface area (Å²) in [7, 11) is 1.61. The number of carbonyl (C=O) groups excluding carboxylic acids is 2. The molecule has 1 N–H and O–H groups in total. The van der Waals surface area contributed by atoms with Crippen molar-refractivity contribution in [2.24, 2.45) is 0 Å². The molecule has 3 amide bonds. The molecule has 2 aromatic carbocycles. The molecule has 0 aromatic heterocycles. The van der Waals surface area contributed by atoms with Gasteiger partial charge in [-0.3, -0.25) is 4.79 Å². The van der Waals surface area contributed by atoms with E-state index in [-0.39, 0.29) is 30.4 Å². The number of ether oxygens (including phenoxy) is 2. The summed E-state index contributed by atoms with van der Waals surface area (Å²) in [5, 5.41) is 3.07. The number of rotatable bonds is 6. The summed E-state index contributed by atoms with van der Waals surface area (Å²) in [4.78, 5) is 29.2. The standard InChI is InChI=1S/C23H27N3O4/c1-29-21-9-7-19(8-10-21)25-15-18(13-22(25)27)24-23(28)26(20-11-12-30-16-20)14-17-5-3-2-4-6-17/h2-10,18,20H,11-16H2,1H3,(H,24,28). The van der Waals surface area contributed by atoms with Gasteiger partial charge in [0, 0.05) is 31.8 Å². The van der Waals surface area contributed by atoms with Crippen LogP contribution in [0, 0.1) is 0 Å². The minimum atomic E-state index is -0.229. The maximum atomic E-state index is 13.1. The highest BCUT2D eigenvalue weighted by atomic mass is 16.5. The maximum absolute atomic E-state index is 13.1. The fourth-order valence-electron chi connectivity index (χ4n) is 3.99. The number of nitrogens with zero attached hydrogens (tertiary/aromatic N) is 2. The van der Waals surface area contributed by atoms with Gasteiger partial charge in [-0.1, -0.05) is 30.3 Å². The molecule has 0 spiro atoms. The largest absolute Gasteiger partial charge is 0.497 e. The number of benzene rings is 2. The lowest BCUT2D eigenvalue weighted by atomic mass is 10.1. The molecule has 2 aliphatic heterocycles. The number of methoxy groups -OCH3 is 1. The van der Waals surface area contributed by atoms with Gasteiger partial charge in [0.15, 0.2) is 0 Å². The first-order valence-corrected chi connectivity index (χ1v) is 10.3. The Bertz CT molecular complexity index is 866. The summed E-state index contributed by atoms with van der Waals surface area (Å²) < 4.78 is 10.7. The molecule has 2 saturated heterocycles. The van der Waals surface area contributed by atoms with Gasteiger partial charge in [0.1, 0.15) is 5.75 Å². The lowest BCUT2D eigenvalue weighted by molar-refractivity contribution is -0.117. The molecule has 2 aromatic rings. The molecule has 0 saturated carbocycles. The second-order valence-electron chi connectivity index (χ2n) is 7.68. The predicted molar refractivity (Wildman–Crippen MR) is 113 cm³/mol. The van der Waals surface area contributed by atoms with Crippen LogP contribution in [0.5, 0.6) is 5.75 Å². The quantitative estimate of drug-likeness (QED) is 0.797. The van der Waals surface area contributed by atoms with Crippen LogP contribution in [0.25, 0.3) is 0 Å². The molecule has 2 atom stereocenters. The number of carbonyl (C=O) groups is 2. The molecule has 2 heterocycles. The molecule has 2 fully saturated rings. The van der Waals surface area contributed by atoms with E-state index in [4.69, 9.17) is 9.47 Å². The summed E-state index contributed by atoms with van der Waals surface area (Å²) in [6.07, 6.45) is 1.11. The number of nitrogens with one attached hydrogen (secondary N) is 1. The number of anilines is 1. The zero-order valence-corrected chi connectivity index (χ0v) is 17.1. The average molecular weight is 409 g/mol. The van der Waals surface area contributed by atoms with E-state index in [1.807, 2.05) is 59.5 Å². The van der Waals surface area contributed by atoms with Crippen LogP contribution in [-0.4, -0.2) is 55.8 Å². The van der Waals surface area contributed by atoms with Crippen molar-refractivity contribution in [3.8, 4) is 5.75 Å². The first kappa shape index (κ1) is 20.2. The number of hydrogen-bond donors (Lipinski definition) is 1. The highest BCUT2D eigenvalue weighted by Gasteiger charge is 2.34. The van der Waals surface area contributed by atoms with E-state index in [0.29, 0.717) is 26.3 Å². The van der Waals surface area contributed by atoms with Crippen molar-refractivity contribution in [3.63, 3.8) is 0 Å². The van der Waals surface area contributed by atoms with Crippen LogP contribution in [-0.2, 0) is 16.1 Å². The van der Waals surface area contributed by atoms with Crippen LogP contribution in [0.1, 0.15) is 18.4 Å². The Balaban J connectivity index is 1.42. The molecule has 158 valence electrons. The fourth-order valence-corrected chi connectivity index (χ4v) is 3.99.